The number of rotatable bonds is 7. The number of benzene rings is 1. The molecule has 1 saturated heterocycles. The molecule has 1 aliphatic rings. The third-order valence-electron chi connectivity index (χ3n) is 4.12. The number of nitrogens with one attached hydrogen (secondary N) is 1. The van der Waals surface area contributed by atoms with E-state index < -0.39 is 6.10 Å². The highest BCUT2D eigenvalue weighted by atomic mass is 16.3. The summed E-state index contributed by atoms with van der Waals surface area (Å²) in [6, 6.07) is 10.5. The molecule has 21 heavy (non-hydrogen) atoms. The van der Waals surface area contributed by atoms with Crippen molar-refractivity contribution in [1.29, 1.82) is 0 Å². The first kappa shape index (κ1) is 15.8. The van der Waals surface area contributed by atoms with Crippen LogP contribution < -0.4 is 5.32 Å². The molecular weight excluding hydrogens is 262 g/mol. The summed E-state index contributed by atoms with van der Waals surface area (Å²) in [5, 5.41) is 13.0. The SMILES string of the molecule is C[C@@H](CCCc1ccccc1)[C@H](O)/C=C/[C@H]1CCC(=O)N1. The Morgan fingerprint density at radius 2 is 2.14 bits per heavy atom. The minimum Gasteiger partial charge on any atom is -0.389 e. The molecule has 0 aliphatic carbocycles. The molecule has 1 aromatic carbocycles. The smallest absolute Gasteiger partial charge is 0.220 e. The zero-order chi connectivity index (χ0) is 15.1. The van der Waals surface area contributed by atoms with Crippen molar-refractivity contribution in [1.82, 2.24) is 5.32 Å². The summed E-state index contributed by atoms with van der Waals surface area (Å²) in [5.74, 6) is 0.345. The van der Waals surface area contributed by atoms with Crippen LogP contribution in [0, 0.1) is 5.92 Å². The number of aliphatic hydroxyl groups is 1. The van der Waals surface area contributed by atoms with Crippen LogP contribution in [0.2, 0.25) is 0 Å². The van der Waals surface area contributed by atoms with E-state index in [1.165, 1.54) is 5.56 Å². The van der Waals surface area contributed by atoms with Crippen LogP contribution in [0.1, 0.15) is 38.2 Å². The molecule has 0 bridgehead atoms. The van der Waals surface area contributed by atoms with Crippen LogP contribution in [0.5, 0.6) is 0 Å². The fourth-order valence-corrected chi connectivity index (χ4v) is 2.66. The van der Waals surface area contributed by atoms with Crippen LogP contribution in [0.15, 0.2) is 42.5 Å². The lowest BCUT2D eigenvalue weighted by Crippen LogP contribution is -2.24. The Bertz CT molecular complexity index is 469. The van der Waals surface area contributed by atoms with Gasteiger partial charge in [0.25, 0.3) is 0 Å². The van der Waals surface area contributed by atoms with Gasteiger partial charge in [-0.2, -0.15) is 0 Å². The van der Waals surface area contributed by atoms with Crippen molar-refractivity contribution in [2.24, 2.45) is 5.92 Å². The van der Waals surface area contributed by atoms with Gasteiger partial charge in [-0.1, -0.05) is 49.4 Å². The Morgan fingerprint density at radius 1 is 1.38 bits per heavy atom. The predicted molar refractivity (Wildman–Crippen MR) is 84.9 cm³/mol. The van der Waals surface area contributed by atoms with Gasteiger partial charge < -0.3 is 10.4 Å². The van der Waals surface area contributed by atoms with Gasteiger partial charge in [0.05, 0.1) is 6.10 Å². The van der Waals surface area contributed by atoms with E-state index in [9.17, 15) is 9.90 Å². The fraction of sp³-hybridized carbons (Fsp3) is 0.500. The van der Waals surface area contributed by atoms with Crippen LogP contribution in [-0.4, -0.2) is 23.2 Å². The van der Waals surface area contributed by atoms with Crippen molar-refractivity contribution < 1.29 is 9.90 Å². The van der Waals surface area contributed by atoms with Gasteiger partial charge in [0.15, 0.2) is 0 Å². The number of hydrogen-bond acceptors (Lipinski definition) is 2. The van der Waals surface area contributed by atoms with E-state index in [4.69, 9.17) is 0 Å². The number of carbonyl (C=O) groups excluding carboxylic acids is 1. The number of amides is 1. The third kappa shape index (κ3) is 5.35. The molecule has 2 N–H and O–H groups in total. The van der Waals surface area contributed by atoms with Gasteiger partial charge in [0.2, 0.25) is 5.91 Å². The Hall–Kier alpha value is -1.61. The second-order valence-electron chi connectivity index (χ2n) is 5.94. The highest BCUT2D eigenvalue weighted by Crippen LogP contribution is 2.16. The van der Waals surface area contributed by atoms with Gasteiger partial charge in [-0.3, -0.25) is 4.79 Å². The Balaban J connectivity index is 1.68. The van der Waals surface area contributed by atoms with Gasteiger partial charge in [-0.25, -0.2) is 0 Å². The van der Waals surface area contributed by atoms with Crippen LogP contribution in [0.3, 0.4) is 0 Å². The average molecular weight is 287 g/mol. The van der Waals surface area contributed by atoms with Crippen LogP contribution in [-0.2, 0) is 11.2 Å². The summed E-state index contributed by atoms with van der Waals surface area (Å²) in [6.45, 7) is 2.08. The molecule has 0 radical (unpaired) electrons. The fourth-order valence-electron chi connectivity index (χ4n) is 2.66. The van der Waals surface area contributed by atoms with E-state index in [2.05, 4.69) is 36.5 Å². The van der Waals surface area contributed by atoms with Crippen LogP contribution in [0.25, 0.3) is 0 Å². The molecule has 2 rings (SSSR count). The molecule has 0 saturated carbocycles. The monoisotopic (exact) mass is 287 g/mol. The van der Waals surface area contributed by atoms with Gasteiger partial charge in [0, 0.05) is 12.5 Å². The summed E-state index contributed by atoms with van der Waals surface area (Å²) in [4.78, 5) is 11.1. The molecule has 114 valence electrons. The Labute approximate surface area is 127 Å². The van der Waals surface area contributed by atoms with Crippen molar-refractivity contribution in [3.63, 3.8) is 0 Å². The molecule has 1 heterocycles. The average Bonchev–Trinajstić information content (AvgIpc) is 2.91. The van der Waals surface area contributed by atoms with Crippen LogP contribution in [0.4, 0.5) is 0 Å². The minimum atomic E-state index is -0.432. The summed E-state index contributed by atoms with van der Waals surface area (Å²) >= 11 is 0. The molecule has 3 nitrogen and oxygen atoms in total. The number of aliphatic hydroxyl groups excluding tert-OH is 1. The van der Waals surface area contributed by atoms with E-state index in [0.717, 1.165) is 25.7 Å². The van der Waals surface area contributed by atoms with Crippen molar-refractivity contribution >= 4 is 5.91 Å². The summed E-state index contributed by atoms with van der Waals surface area (Å²) < 4.78 is 0. The van der Waals surface area contributed by atoms with E-state index >= 15 is 0 Å². The first-order chi connectivity index (χ1) is 10.1. The topological polar surface area (TPSA) is 49.3 Å². The lowest BCUT2D eigenvalue weighted by molar-refractivity contribution is -0.119. The van der Waals surface area contributed by atoms with E-state index in [-0.39, 0.29) is 17.9 Å². The largest absolute Gasteiger partial charge is 0.389 e. The molecule has 3 atom stereocenters. The maximum absolute atomic E-state index is 11.1. The quantitative estimate of drug-likeness (QED) is 0.758. The van der Waals surface area contributed by atoms with E-state index in [1.807, 2.05) is 18.2 Å². The molecule has 0 unspecified atom stereocenters. The lowest BCUT2D eigenvalue weighted by atomic mass is 9.95. The van der Waals surface area contributed by atoms with Crippen molar-refractivity contribution in [3.05, 3.63) is 48.0 Å². The van der Waals surface area contributed by atoms with Crippen molar-refractivity contribution in [3.8, 4) is 0 Å². The molecule has 1 aliphatic heterocycles. The summed E-state index contributed by atoms with van der Waals surface area (Å²) in [7, 11) is 0. The Kier molecular flexibility index (Phi) is 6.00. The van der Waals surface area contributed by atoms with Gasteiger partial charge in [0.1, 0.15) is 0 Å². The standard InChI is InChI=1S/C18H25NO2/c1-14(6-5-9-15-7-3-2-4-8-15)17(20)12-10-16-11-13-18(21)19-16/h2-4,7-8,10,12,14,16-17,20H,5-6,9,11,13H2,1H3,(H,19,21)/b12-10+/t14-,16-,17+/m0/s1. The van der Waals surface area contributed by atoms with Gasteiger partial charge >= 0.3 is 0 Å². The zero-order valence-corrected chi connectivity index (χ0v) is 12.7. The zero-order valence-electron chi connectivity index (χ0n) is 12.7. The van der Waals surface area contributed by atoms with Gasteiger partial charge in [-0.15, -0.1) is 0 Å². The highest BCUT2D eigenvalue weighted by molar-refractivity contribution is 5.78. The minimum absolute atomic E-state index is 0.101. The van der Waals surface area contributed by atoms with E-state index in [1.54, 1.807) is 0 Å². The second kappa shape index (κ2) is 7.99. The molecule has 0 spiro atoms. The van der Waals surface area contributed by atoms with Gasteiger partial charge in [-0.05, 0) is 37.2 Å². The first-order valence-corrected chi connectivity index (χ1v) is 7.85. The maximum Gasteiger partial charge on any atom is 0.220 e. The normalized spacial score (nSPS) is 21.4. The van der Waals surface area contributed by atoms with Crippen molar-refractivity contribution in [2.75, 3.05) is 0 Å². The summed E-state index contributed by atoms with van der Waals surface area (Å²) in [5.41, 5.74) is 1.35. The second-order valence-corrected chi connectivity index (χ2v) is 5.94. The maximum atomic E-state index is 11.1. The molecule has 1 amide bonds. The number of carbonyl (C=O) groups is 1. The number of aryl methyl sites for hydroxylation is 1. The molecule has 3 heteroatoms. The predicted octanol–water partition coefficient (Wildman–Crippen LogP) is 2.84. The molecule has 0 aromatic heterocycles. The summed E-state index contributed by atoms with van der Waals surface area (Å²) in [6.07, 6.45) is 7.90. The third-order valence-corrected chi connectivity index (χ3v) is 4.12. The van der Waals surface area contributed by atoms with Crippen molar-refractivity contribution in [2.45, 2.75) is 51.2 Å². The molecule has 1 fully saturated rings. The number of hydrogen-bond donors (Lipinski definition) is 2. The molecule has 1 aromatic rings. The molecular formula is C18H25NO2. The first-order valence-electron chi connectivity index (χ1n) is 7.85. The van der Waals surface area contributed by atoms with Crippen LogP contribution >= 0.6 is 0 Å². The Morgan fingerprint density at radius 3 is 2.81 bits per heavy atom. The highest BCUT2D eigenvalue weighted by Gasteiger charge is 2.18. The lowest BCUT2D eigenvalue weighted by Gasteiger charge is -2.16. The van der Waals surface area contributed by atoms with E-state index in [0.29, 0.717) is 6.42 Å².